The molecular formula is C23H21F4N5O5. The number of aromatic nitrogens is 3. The Bertz CT molecular complexity index is 1290. The Kier molecular flexibility index (Phi) is 9.19. The zero-order valence-corrected chi connectivity index (χ0v) is 19.1. The lowest BCUT2D eigenvalue weighted by Gasteiger charge is -2.14. The first-order valence-corrected chi connectivity index (χ1v) is 10.8. The number of aliphatic hydroxyl groups excluding tert-OH is 1. The highest BCUT2D eigenvalue weighted by molar-refractivity contribution is 5.81. The van der Waals surface area contributed by atoms with Crippen LogP contribution in [0, 0.1) is 23.7 Å². The van der Waals surface area contributed by atoms with Crippen LogP contribution in [0.3, 0.4) is 0 Å². The van der Waals surface area contributed by atoms with Gasteiger partial charge < -0.3 is 25.6 Å². The first-order chi connectivity index (χ1) is 17.6. The van der Waals surface area contributed by atoms with Crippen LogP contribution in [0.1, 0.15) is 29.5 Å². The van der Waals surface area contributed by atoms with Crippen LogP contribution in [-0.2, 0) is 14.3 Å². The number of nitrogens with one attached hydrogen (secondary N) is 1. The third-order valence-electron chi connectivity index (χ3n) is 4.92. The van der Waals surface area contributed by atoms with Crippen molar-refractivity contribution in [2.45, 2.75) is 31.1 Å². The number of halogens is 4. The fraction of sp³-hybridized carbons (Fsp3) is 0.391. The van der Waals surface area contributed by atoms with Gasteiger partial charge in [-0.3, -0.25) is 9.36 Å². The van der Waals surface area contributed by atoms with Gasteiger partial charge in [0.1, 0.15) is 36.6 Å². The first kappa shape index (κ1) is 27.6. The third-order valence-corrected chi connectivity index (χ3v) is 4.92. The number of hydrogen-bond donors (Lipinski definition) is 3. The second-order valence-corrected chi connectivity index (χ2v) is 7.58. The van der Waals surface area contributed by atoms with Gasteiger partial charge in [-0.05, 0) is 18.1 Å². The summed E-state index contributed by atoms with van der Waals surface area (Å²) in [5.41, 5.74) is 6.11. The molecule has 1 saturated heterocycles. The summed E-state index contributed by atoms with van der Waals surface area (Å²) in [7, 11) is 0. The number of nitrogens with two attached hydrogens (primary N) is 1. The van der Waals surface area contributed by atoms with Gasteiger partial charge in [-0.2, -0.15) is 18.2 Å². The zero-order chi connectivity index (χ0) is 27.0. The second kappa shape index (κ2) is 12.3. The summed E-state index contributed by atoms with van der Waals surface area (Å²) in [6.07, 6.45) is -5.75. The summed E-state index contributed by atoms with van der Waals surface area (Å²) >= 11 is 0. The maximum atomic E-state index is 13.9. The van der Waals surface area contributed by atoms with Gasteiger partial charge in [-0.15, -0.1) is 0 Å². The van der Waals surface area contributed by atoms with Crippen LogP contribution in [0.5, 0.6) is 0 Å². The Morgan fingerprint density at radius 1 is 1.32 bits per heavy atom. The Balaban J connectivity index is 1.56. The van der Waals surface area contributed by atoms with Gasteiger partial charge in [-0.1, -0.05) is 17.8 Å². The molecule has 3 atom stereocenters. The Hall–Kier alpha value is -3.98. The molecule has 0 saturated carbocycles. The van der Waals surface area contributed by atoms with E-state index in [9.17, 15) is 27.2 Å². The number of amides is 1. The number of carbonyl (C=O) groups is 1. The minimum Gasteiger partial charge on any atom is -0.394 e. The van der Waals surface area contributed by atoms with Crippen LogP contribution in [0.15, 0.2) is 29.3 Å². The molecule has 4 N–H and O–H groups in total. The molecule has 2 aromatic rings. The molecular weight excluding hydrogens is 502 g/mol. The zero-order valence-electron chi connectivity index (χ0n) is 19.1. The fourth-order valence-corrected chi connectivity index (χ4v) is 3.08. The topological polar surface area (TPSA) is 142 Å². The minimum atomic E-state index is -4.94. The summed E-state index contributed by atoms with van der Waals surface area (Å²) in [6.45, 7) is -1.04. The molecule has 3 heterocycles. The van der Waals surface area contributed by atoms with Crippen molar-refractivity contribution in [3.8, 4) is 23.7 Å². The number of nitrogens with zero attached hydrogens (tertiary/aromatic N) is 3. The highest BCUT2D eigenvalue weighted by Gasteiger charge is 2.38. The van der Waals surface area contributed by atoms with Gasteiger partial charge in [0, 0.05) is 30.9 Å². The largest absolute Gasteiger partial charge is 0.471 e. The fourth-order valence-electron chi connectivity index (χ4n) is 3.08. The Labute approximate surface area is 207 Å². The van der Waals surface area contributed by atoms with E-state index in [1.165, 1.54) is 12.4 Å². The van der Waals surface area contributed by atoms with Crippen LogP contribution >= 0.6 is 0 Å². The molecule has 2 aromatic heterocycles. The number of anilines is 1. The molecule has 0 bridgehead atoms. The SMILES string of the molecule is Nc1nc(=O)n(C2CC(F)C(CO)O2)cc1C#Cc1ccc(C#CCOCCNC(=O)C(F)(F)F)cn1. The number of nitrogen functional groups attached to an aromatic ring is 1. The van der Waals surface area contributed by atoms with Gasteiger partial charge in [0.2, 0.25) is 0 Å². The molecule has 0 radical (unpaired) electrons. The average molecular weight is 523 g/mol. The lowest BCUT2D eigenvalue weighted by atomic mass is 10.2. The van der Waals surface area contributed by atoms with Gasteiger partial charge in [-0.25, -0.2) is 14.2 Å². The summed E-state index contributed by atoms with van der Waals surface area (Å²) in [4.78, 5) is 30.7. The molecule has 0 spiro atoms. The van der Waals surface area contributed by atoms with Crippen LogP contribution in [0.2, 0.25) is 0 Å². The number of carbonyl (C=O) groups excluding carboxylic acids is 1. The predicted molar refractivity (Wildman–Crippen MR) is 120 cm³/mol. The monoisotopic (exact) mass is 523 g/mol. The maximum Gasteiger partial charge on any atom is 0.471 e. The van der Waals surface area contributed by atoms with Gasteiger partial charge >= 0.3 is 17.8 Å². The lowest BCUT2D eigenvalue weighted by molar-refractivity contribution is -0.173. The summed E-state index contributed by atoms with van der Waals surface area (Å²) in [5.74, 6) is 8.77. The van der Waals surface area contributed by atoms with Crippen molar-refractivity contribution in [1.82, 2.24) is 19.9 Å². The van der Waals surface area contributed by atoms with Crippen molar-refractivity contribution in [2.24, 2.45) is 0 Å². The molecule has 3 rings (SSSR count). The van der Waals surface area contributed by atoms with E-state index in [-0.39, 0.29) is 37.6 Å². The van der Waals surface area contributed by atoms with E-state index in [0.29, 0.717) is 11.3 Å². The third kappa shape index (κ3) is 7.75. The average Bonchev–Trinajstić information content (AvgIpc) is 3.23. The Morgan fingerprint density at radius 2 is 2.11 bits per heavy atom. The molecule has 0 aromatic carbocycles. The minimum absolute atomic E-state index is 0.0711. The normalized spacial score (nSPS) is 18.9. The molecule has 3 unspecified atom stereocenters. The quantitative estimate of drug-likeness (QED) is 0.279. The molecule has 10 nitrogen and oxygen atoms in total. The van der Waals surface area contributed by atoms with E-state index in [0.717, 1.165) is 4.57 Å². The Morgan fingerprint density at radius 3 is 2.76 bits per heavy atom. The second-order valence-electron chi connectivity index (χ2n) is 7.58. The molecule has 14 heteroatoms. The summed E-state index contributed by atoms with van der Waals surface area (Å²) in [5, 5.41) is 10.8. The van der Waals surface area contributed by atoms with E-state index in [1.54, 1.807) is 17.4 Å². The summed E-state index contributed by atoms with van der Waals surface area (Å²) < 4.78 is 61.5. The van der Waals surface area contributed by atoms with Crippen molar-refractivity contribution in [3.05, 3.63) is 51.8 Å². The van der Waals surface area contributed by atoms with Crippen molar-refractivity contribution in [1.29, 1.82) is 0 Å². The number of hydrogen-bond acceptors (Lipinski definition) is 8. The molecule has 0 aliphatic carbocycles. The smallest absolute Gasteiger partial charge is 0.394 e. The van der Waals surface area contributed by atoms with E-state index < -0.39 is 42.9 Å². The number of ether oxygens (including phenoxy) is 2. The molecule has 1 fully saturated rings. The van der Waals surface area contributed by atoms with E-state index in [1.807, 2.05) is 0 Å². The molecule has 1 aliphatic rings. The van der Waals surface area contributed by atoms with Crippen molar-refractivity contribution >= 4 is 11.7 Å². The highest BCUT2D eigenvalue weighted by Crippen LogP contribution is 2.29. The number of aliphatic hydroxyl groups is 1. The van der Waals surface area contributed by atoms with Crippen LogP contribution in [-0.4, -0.2) is 70.4 Å². The van der Waals surface area contributed by atoms with Crippen molar-refractivity contribution < 1.29 is 36.9 Å². The van der Waals surface area contributed by atoms with E-state index >= 15 is 0 Å². The van der Waals surface area contributed by atoms with E-state index in [2.05, 4.69) is 33.6 Å². The first-order valence-electron chi connectivity index (χ1n) is 10.8. The maximum absolute atomic E-state index is 13.9. The highest BCUT2D eigenvalue weighted by atomic mass is 19.4. The lowest BCUT2D eigenvalue weighted by Crippen LogP contribution is -2.38. The number of alkyl halides is 4. The van der Waals surface area contributed by atoms with Gasteiger partial charge in [0.05, 0.1) is 18.8 Å². The molecule has 1 amide bonds. The van der Waals surface area contributed by atoms with Crippen molar-refractivity contribution in [3.63, 3.8) is 0 Å². The van der Waals surface area contributed by atoms with Gasteiger partial charge in [0.25, 0.3) is 0 Å². The standard InChI is InChI=1S/C23H21F4N5O5/c24-17-10-19(37-18(17)13-33)32-12-15(20(28)31-22(32)35)4-6-16-5-3-14(11-30-16)2-1-8-36-9-7-29-21(34)23(25,26)27/h3,5,11-12,17-19,33H,7-10,13H2,(H,29,34)(H2,28,31,35). The van der Waals surface area contributed by atoms with E-state index in [4.69, 9.17) is 20.3 Å². The number of pyridine rings is 1. The molecule has 1 aliphatic heterocycles. The molecule has 196 valence electrons. The summed E-state index contributed by atoms with van der Waals surface area (Å²) in [6, 6.07) is 3.20. The van der Waals surface area contributed by atoms with Crippen LogP contribution in [0.4, 0.5) is 23.4 Å². The predicted octanol–water partition coefficient (Wildman–Crippen LogP) is 0.285. The van der Waals surface area contributed by atoms with Gasteiger partial charge in [0.15, 0.2) is 0 Å². The van der Waals surface area contributed by atoms with Crippen LogP contribution < -0.4 is 16.7 Å². The molecule has 37 heavy (non-hydrogen) atoms. The van der Waals surface area contributed by atoms with Crippen molar-refractivity contribution in [2.75, 3.05) is 32.1 Å². The number of rotatable bonds is 6. The van der Waals surface area contributed by atoms with Crippen LogP contribution in [0.25, 0.3) is 0 Å².